The van der Waals surface area contributed by atoms with Crippen LogP contribution in [0.4, 0.5) is 58.2 Å². The Morgan fingerprint density at radius 2 is 0.826 bits per heavy atom. The second-order valence-corrected chi connectivity index (χ2v) is 39.6. The number of piperidine rings is 1. The number of likely N-dealkylation sites (N-methyl/N-ethyl adjacent to an activating group) is 1. The van der Waals surface area contributed by atoms with E-state index in [9.17, 15) is 9.59 Å². The van der Waals surface area contributed by atoms with Crippen molar-refractivity contribution in [2.45, 2.75) is 229 Å². The Kier molecular flexibility index (Phi) is 40.1. The first-order valence-corrected chi connectivity index (χ1v) is 51.9. The molecule has 1 aromatic carbocycles. The van der Waals surface area contributed by atoms with Crippen molar-refractivity contribution in [2.24, 2.45) is 11.8 Å². The molecule has 2 saturated heterocycles. The number of benzene rings is 1. The Morgan fingerprint density at radius 3 is 1.24 bits per heavy atom. The molecule has 1 saturated carbocycles. The van der Waals surface area contributed by atoms with E-state index in [-0.39, 0.29) is 23.9 Å². The number of likely N-dealkylation sites (tertiary alicyclic amines) is 1. The average Bonchev–Trinajstić information content (AvgIpc) is 1.23. The highest BCUT2D eigenvalue weighted by Crippen LogP contribution is 2.41. The van der Waals surface area contributed by atoms with Crippen molar-refractivity contribution in [1.82, 2.24) is 84.4 Å². The summed E-state index contributed by atoms with van der Waals surface area (Å²) in [6, 6.07) is 23.9. The maximum absolute atomic E-state index is 13.4. The van der Waals surface area contributed by atoms with Gasteiger partial charge in [-0.1, -0.05) is 170 Å². The van der Waals surface area contributed by atoms with Gasteiger partial charge >= 0.3 is 30.1 Å². The number of ether oxygens (including phenoxy) is 5. The molecule has 15 heterocycles. The van der Waals surface area contributed by atoms with Crippen LogP contribution in [0.2, 0.25) is 0 Å². The molecule has 34 heteroatoms. The molecule has 3 fully saturated rings. The first-order chi connectivity index (χ1) is 69.6. The molecule has 7 aliphatic heterocycles. The minimum atomic E-state index is -0.171. The van der Waals surface area contributed by atoms with Gasteiger partial charge in [-0.15, -0.1) is 0 Å². The largest absolute Gasteiger partial charge is 0.463 e. The van der Waals surface area contributed by atoms with Gasteiger partial charge in [-0.2, -0.15) is 49.8 Å². The number of hydrogen-bond acceptors (Lipinski definition) is 32. The molecule has 0 bridgehead atoms. The summed E-state index contributed by atoms with van der Waals surface area (Å²) in [4.78, 5) is 104. The van der Waals surface area contributed by atoms with Crippen LogP contribution >= 0.6 is 0 Å². The van der Waals surface area contributed by atoms with Crippen LogP contribution in [0.3, 0.4) is 0 Å². The summed E-state index contributed by atoms with van der Waals surface area (Å²) in [6.07, 6.45) is 26.4. The third kappa shape index (κ3) is 31.6. The molecule has 17 rings (SSSR count). The fourth-order valence-electron chi connectivity index (χ4n) is 18.3. The molecule has 1 atom stereocenters. The van der Waals surface area contributed by atoms with Crippen LogP contribution in [0.1, 0.15) is 211 Å². The number of nitrogen functional groups attached to an aromatic ring is 5. The number of nitrogens with zero attached hydrogens (tertiary/aromatic N) is 22. The zero-order valence-corrected chi connectivity index (χ0v) is 87.0. The van der Waals surface area contributed by atoms with Crippen molar-refractivity contribution in [3.63, 3.8) is 0 Å². The monoisotopic (exact) mass is 1970 g/mol. The van der Waals surface area contributed by atoms with E-state index in [1.807, 2.05) is 87.5 Å². The molecular formula is C110H155N27O7. The number of aryl methyl sites for hydroxylation is 3. The van der Waals surface area contributed by atoms with E-state index in [0.29, 0.717) is 168 Å². The van der Waals surface area contributed by atoms with E-state index in [4.69, 9.17) is 62.3 Å². The lowest BCUT2D eigenvalue weighted by molar-refractivity contribution is -0.133. The number of hydrogen-bond donors (Lipinski definition) is 5. The Balaban J connectivity index is 0.000000152. The molecule has 1 unspecified atom stereocenters. The van der Waals surface area contributed by atoms with Crippen molar-refractivity contribution in [1.29, 1.82) is 0 Å². The maximum Gasteiger partial charge on any atom is 0.320 e. The summed E-state index contributed by atoms with van der Waals surface area (Å²) in [6.45, 7) is 57.5. The molecule has 2 amide bonds. The number of aromatic nitrogens is 13. The van der Waals surface area contributed by atoms with Crippen LogP contribution < -0.4 is 76.9 Å². The van der Waals surface area contributed by atoms with E-state index >= 15 is 0 Å². The Labute approximate surface area is 852 Å². The lowest BCUT2D eigenvalue weighted by Gasteiger charge is -2.35. The second kappa shape index (κ2) is 53.4. The smallest absolute Gasteiger partial charge is 0.320 e. The van der Waals surface area contributed by atoms with Gasteiger partial charge in [0.25, 0.3) is 5.91 Å². The summed E-state index contributed by atoms with van der Waals surface area (Å²) < 4.78 is 28.7. The van der Waals surface area contributed by atoms with Crippen LogP contribution in [0.5, 0.6) is 30.1 Å². The molecule has 0 radical (unpaired) electrons. The quantitative estimate of drug-likeness (QED) is 0.0136. The lowest BCUT2D eigenvalue weighted by Crippen LogP contribution is -2.49. The van der Waals surface area contributed by atoms with E-state index in [0.717, 1.165) is 249 Å². The molecule has 0 spiro atoms. The van der Waals surface area contributed by atoms with Crippen LogP contribution in [0.15, 0.2) is 146 Å². The number of fused-ring (bicyclic) bond motifs is 5. The SMILES string of the molecule is C=C1Cc2c(N)nc(OC(C)CCC)nc2N(Cc2ccc(C)nc2)C1.C=C1Cc2c(N)nc(OCCCC)nc2N(CCC2CCN(CC3CC3)CC2)C1.C=C1Cc2c(N)nc(OCCCC)nc2N(CCCN(Cc2ccccc2)C(=O)CN2CCN(C)CC2)C1.C=C1Cc2c(N)nc(OCCCC)nc2N(Cc2ccc(C)nc2)C1.C=C1Cc2c(N)nc(OCCCC)nc2N(Cc2ccc(C)nc2)C1=O. The normalized spacial score (nSPS) is 16.0. The number of nitrogens with two attached hydrogens (primary N) is 5. The second-order valence-electron chi connectivity index (χ2n) is 39.6. The fourth-order valence-corrected chi connectivity index (χ4v) is 18.3. The van der Waals surface area contributed by atoms with Gasteiger partial charge in [0, 0.05) is 199 Å². The maximum atomic E-state index is 13.4. The standard InChI is InChI=1S/C29H43N7O2.C23H37N5O.C20H27N5O.C19H23N5O2.C19H25N5O/c1-4-5-18-38-29-31-27(30)25-19-23(2)20-36(28(25)32-29)13-9-12-35(21-24-10-7-6-8-11-24)26(37)22-34-16-14-33(3)15-17-34;1-3-4-13-29-23-25-21(24)20-14-17(2)15-28(22(20)26-23)12-9-18-7-10-27(11-8-18)16-19-5-6-19;1-5-6-15(4)26-20-23-18(21)17-9-13(2)11-25(19(17)24-20)12-16-8-7-14(3)22-10-16;1-4-5-8-26-19-22-16(20)15-9-12(2)18(25)24(17(15)23-19)11-14-7-6-13(3)21-10-14;1-4-5-8-25-19-22-17(20)16-9-13(2)11-24(18(16)23-19)12-15-7-6-14(3)21-10-15/h6-8,10-11H,2,4-5,9,12-22H2,1,3H3,(H2,30,31,32);18-19H,2-16H2,1H3,(H2,24,25,26);7-8,10,15H,2,5-6,9,11-12H2,1,3-4H3,(H2,21,23,24);6-7,10H,2,4-5,8-9,11H2,1,3H3,(H2,20,22,23);6-7,10H,2,4-5,8-9,11-12H2,1,3H3,(H2,20,22,23). The topological polar surface area (TPSA) is 407 Å². The number of carbonyl (C=O) groups excluding carboxylic acids is 2. The third-order valence-electron chi connectivity index (χ3n) is 26.8. The molecule has 9 aromatic rings. The molecule has 772 valence electrons. The number of amides is 2. The van der Waals surface area contributed by atoms with Crippen LogP contribution in [0.25, 0.3) is 0 Å². The van der Waals surface area contributed by atoms with Crippen molar-refractivity contribution in [3.8, 4) is 30.1 Å². The summed E-state index contributed by atoms with van der Waals surface area (Å²) in [5, 5.41) is 0. The first kappa shape index (κ1) is 108. The Bertz CT molecular complexity index is 5770. The van der Waals surface area contributed by atoms with E-state index in [1.54, 1.807) is 11.1 Å². The van der Waals surface area contributed by atoms with Crippen molar-refractivity contribution >= 4 is 70.0 Å². The van der Waals surface area contributed by atoms with Gasteiger partial charge in [0.15, 0.2) is 0 Å². The predicted molar refractivity (Wildman–Crippen MR) is 575 cm³/mol. The van der Waals surface area contributed by atoms with Gasteiger partial charge < -0.3 is 86.7 Å². The third-order valence-corrected chi connectivity index (χ3v) is 26.8. The van der Waals surface area contributed by atoms with Crippen molar-refractivity contribution in [2.75, 3.05) is 185 Å². The molecule has 8 aliphatic rings. The first-order valence-electron chi connectivity index (χ1n) is 51.9. The van der Waals surface area contributed by atoms with E-state index in [1.165, 1.54) is 57.3 Å². The summed E-state index contributed by atoms with van der Waals surface area (Å²) in [7, 11) is 2.13. The van der Waals surface area contributed by atoms with E-state index < -0.39 is 0 Å². The number of unbranched alkanes of at least 4 members (excludes halogenated alkanes) is 4. The lowest BCUT2D eigenvalue weighted by atomic mass is 9.92. The fraction of sp³-hybridized carbons (Fsp3) is 0.518. The molecular weight excluding hydrogens is 1810 g/mol. The number of piperazine rings is 1. The molecule has 10 N–H and O–H groups in total. The highest BCUT2D eigenvalue weighted by molar-refractivity contribution is 6.08. The zero-order chi connectivity index (χ0) is 102. The summed E-state index contributed by atoms with van der Waals surface area (Å²) >= 11 is 0. The Morgan fingerprint density at radius 1 is 0.431 bits per heavy atom. The molecule has 1 aliphatic carbocycles. The van der Waals surface area contributed by atoms with Gasteiger partial charge in [-0.25, -0.2) is 0 Å². The molecule has 144 heavy (non-hydrogen) atoms. The number of pyridine rings is 3. The summed E-state index contributed by atoms with van der Waals surface area (Å²) in [5.74, 6) is 8.05. The highest BCUT2D eigenvalue weighted by atomic mass is 16.5. The van der Waals surface area contributed by atoms with Crippen molar-refractivity contribution in [3.05, 3.63) is 213 Å². The zero-order valence-electron chi connectivity index (χ0n) is 87.0. The van der Waals surface area contributed by atoms with Gasteiger partial charge in [-0.05, 0) is 171 Å². The number of carbonyl (C=O) groups is 2. The van der Waals surface area contributed by atoms with Gasteiger partial charge in [-0.3, -0.25) is 34.3 Å². The van der Waals surface area contributed by atoms with E-state index in [2.05, 4.69) is 188 Å². The molecule has 34 nitrogen and oxygen atoms in total. The summed E-state index contributed by atoms with van der Waals surface area (Å²) in [5.41, 5.74) is 47.7. The van der Waals surface area contributed by atoms with Crippen LogP contribution in [-0.2, 0) is 67.9 Å². The van der Waals surface area contributed by atoms with Gasteiger partial charge in [0.2, 0.25) is 5.91 Å². The Hall–Kier alpha value is -13.2. The van der Waals surface area contributed by atoms with Crippen molar-refractivity contribution < 1.29 is 33.3 Å². The minimum Gasteiger partial charge on any atom is -0.463 e. The van der Waals surface area contributed by atoms with Gasteiger partial charge in [0.1, 0.15) is 58.2 Å². The van der Waals surface area contributed by atoms with Crippen LogP contribution in [-0.4, -0.2) is 234 Å². The predicted octanol–water partition coefficient (Wildman–Crippen LogP) is 15.6. The number of anilines is 10. The highest BCUT2D eigenvalue weighted by Gasteiger charge is 2.36. The average molecular weight is 1970 g/mol. The van der Waals surface area contributed by atoms with Gasteiger partial charge in [0.05, 0.1) is 45.6 Å². The molecule has 8 aromatic heterocycles. The van der Waals surface area contributed by atoms with Crippen LogP contribution in [0, 0.1) is 32.6 Å². The number of rotatable bonds is 39. The minimum absolute atomic E-state index is 0.0609.